The highest BCUT2D eigenvalue weighted by atomic mass is 16.6. The van der Waals surface area contributed by atoms with Crippen molar-refractivity contribution in [3.63, 3.8) is 0 Å². The van der Waals surface area contributed by atoms with Crippen LogP contribution in [0.25, 0.3) is 6.08 Å². The summed E-state index contributed by atoms with van der Waals surface area (Å²) in [5, 5.41) is 13.4. The Morgan fingerprint density at radius 1 is 0.889 bits per heavy atom. The second-order valence-corrected chi connectivity index (χ2v) is 5.61. The molecule has 0 aliphatic heterocycles. The van der Waals surface area contributed by atoms with Crippen LogP contribution >= 0.6 is 0 Å². The number of amides is 1. The van der Waals surface area contributed by atoms with E-state index in [0.29, 0.717) is 17.0 Å². The van der Waals surface area contributed by atoms with Crippen LogP contribution in [0.5, 0.6) is 11.5 Å². The van der Waals surface area contributed by atoms with E-state index in [0.717, 1.165) is 5.75 Å². The molecule has 0 aromatic heterocycles. The van der Waals surface area contributed by atoms with Crippen molar-refractivity contribution < 1.29 is 14.5 Å². The van der Waals surface area contributed by atoms with Gasteiger partial charge in [-0.25, -0.2) is 0 Å². The molecule has 1 N–H and O–H groups in total. The number of ether oxygens (including phenoxy) is 1. The van der Waals surface area contributed by atoms with Crippen LogP contribution in [0, 0.1) is 10.1 Å². The van der Waals surface area contributed by atoms with Crippen LogP contribution in [0.15, 0.2) is 84.9 Å². The van der Waals surface area contributed by atoms with Crippen LogP contribution in [-0.2, 0) is 4.79 Å². The fraction of sp³-hybridized carbons (Fsp3) is 0. The van der Waals surface area contributed by atoms with E-state index in [2.05, 4.69) is 5.32 Å². The lowest BCUT2D eigenvalue weighted by Gasteiger charge is -2.07. The molecule has 0 unspecified atom stereocenters. The predicted octanol–water partition coefficient (Wildman–Crippen LogP) is 5.04. The number of benzene rings is 3. The molecule has 0 bridgehead atoms. The number of nitro benzene ring substituents is 1. The number of nitro groups is 1. The van der Waals surface area contributed by atoms with Gasteiger partial charge < -0.3 is 10.1 Å². The first kappa shape index (κ1) is 17.9. The molecule has 134 valence electrons. The maximum Gasteiger partial charge on any atom is 0.269 e. The molecule has 1 amide bonds. The third-order valence-electron chi connectivity index (χ3n) is 3.63. The van der Waals surface area contributed by atoms with Crippen LogP contribution in [0.1, 0.15) is 5.56 Å². The zero-order chi connectivity index (χ0) is 19.1. The average molecular weight is 360 g/mol. The summed E-state index contributed by atoms with van der Waals surface area (Å²) in [5.74, 6) is 1.10. The first-order valence-electron chi connectivity index (χ1n) is 8.17. The zero-order valence-electron chi connectivity index (χ0n) is 14.2. The Labute approximate surface area is 155 Å². The number of hydrogen-bond donors (Lipinski definition) is 1. The summed E-state index contributed by atoms with van der Waals surface area (Å²) < 4.78 is 5.70. The van der Waals surface area contributed by atoms with E-state index in [9.17, 15) is 14.9 Å². The number of nitrogens with zero attached hydrogens (tertiary/aromatic N) is 1. The van der Waals surface area contributed by atoms with Crippen LogP contribution in [0.4, 0.5) is 11.4 Å². The Kier molecular flexibility index (Phi) is 5.59. The minimum Gasteiger partial charge on any atom is -0.457 e. The van der Waals surface area contributed by atoms with Gasteiger partial charge in [0, 0.05) is 23.9 Å². The largest absolute Gasteiger partial charge is 0.457 e. The normalized spacial score (nSPS) is 10.5. The first-order chi connectivity index (χ1) is 13.1. The van der Waals surface area contributed by atoms with Gasteiger partial charge in [-0.05, 0) is 60.2 Å². The highest BCUT2D eigenvalue weighted by Gasteiger charge is 2.03. The van der Waals surface area contributed by atoms with Crippen LogP contribution in [-0.4, -0.2) is 10.8 Å². The second kappa shape index (κ2) is 8.44. The molecule has 0 aliphatic carbocycles. The van der Waals surface area contributed by atoms with Gasteiger partial charge in [0.25, 0.3) is 5.69 Å². The van der Waals surface area contributed by atoms with Gasteiger partial charge in [0.2, 0.25) is 5.91 Å². The molecule has 0 saturated heterocycles. The van der Waals surface area contributed by atoms with Gasteiger partial charge >= 0.3 is 0 Å². The number of nitrogens with one attached hydrogen (secondary N) is 1. The van der Waals surface area contributed by atoms with Crippen molar-refractivity contribution in [2.24, 2.45) is 0 Å². The lowest BCUT2D eigenvalue weighted by molar-refractivity contribution is -0.384. The molecule has 3 rings (SSSR count). The summed E-state index contributed by atoms with van der Waals surface area (Å²) in [4.78, 5) is 22.2. The Balaban J connectivity index is 1.56. The van der Waals surface area contributed by atoms with Gasteiger partial charge in [-0.1, -0.05) is 18.2 Å². The Morgan fingerprint density at radius 3 is 2.15 bits per heavy atom. The molecular weight excluding hydrogens is 344 g/mol. The predicted molar refractivity (Wildman–Crippen MR) is 104 cm³/mol. The monoisotopic (exact) mass is 360 g/mol. The van der Waals surface area contributed by atoms with E-state index in [-0.39, 0.29) is 11.6 Å². The van der Waals surface area contributed by atoms with E-state index in [1.54, 1.807) is 42.5 Å². The number of anilines is 1. The van der Waals surface area contributed by atoms with Crippen LogP contribution in [0.3, 0.4) is 0 Å². The van der Waals surface area contributed by atoms with Gasteiger partial charge in [0.1, 0.15) is 11.5 Å². The van der Waals surface area contributed by atoms with Crippen molar-refractivity contribution in [2.45, 2.75) is 0 Å². The lowest BCUT2D eigenvalue weighted by Crippen LogP contribution is -2.07. The summed E-state index contributed by atoms with van der Waals surface area (Å²) >= 11 is 0. The minimum absolute atomic E-state index is 0.00872. The van der Waals surface area contributed by atoms with E-state index >= 15 is 0 Å². The molecule has 0 atom stereocenters. The van der Waals surface area contributed by atoms with E-state index in [1.807, 2.05) is 30.3 Å². The minimum atomic E-state index is -0.467. The molecule has 3 aromatic carbocycles. The molecule has 27 heavy (non-hydrogen) atoms. The van der Waals surface area contributed by atoms with E-state index in [1.165, 1.54) is 18.2 Å². The van der Waals surface area contributed by atoms with E-state index in [4.69, 9.17) is 4.74 Å². The SMILES string of the molecule is O=C(/C=C\c1ccc([N+](=O)[O-])cc1)Nc1ccc(Oc2ccccc2)cc1. The number of rotatable bonds is 6. The molecule has 0 fully saturated rings. The third-order valence-corrected chi connectivity index (χ3v) is 3.63. The van der Waals surface area contributed by atoms with Gasteiger partial charge in [0.05, 0.1) is 4.92 Å². The van der Waals surface area contributed by atoms with Crippen molar-refractivity contribution in [3.05, 3.63) is 101 Å². The highest BCUT2D eigenvalue weighted by Crippen LogP contribution is 2.22. The van der Waals surface area contributed by atoms with Gasteiger partial charge in [-0.15, -0.1) is 0 Å². The summed E-state index contributed by atoms with van der Waals surface area (Å²) in [7, 11) is 0. The molecule has 3 aromatic rings. The summed E-state index contributed by atoms with van der Waals surface area (Å²) in [6, 6.07) is 22.4. The number of carbonyl (C=O) groups excluding carboxylic acids is 1. The van der Waals surface area contributed by atoms with Gasteiger partial charge in [-0.3, -0.25) is 14.9 Å². The van der Waals surface area contributed by atoms with Crippen molar-refractivity contribution in [2.75, 3.05) is 5.32 Å². The molecule has 0 spiro atoms. The standard InChI is InChI=1S/C21H16N2O4/c24-21(15-8-16-6-11-18(12-7-16)23(25)26)22-17-9-13-20(14-10-17)27-19-4-2-1-3-5-19/h1-15H,(H,22,24)/b15-8-. The molecular formula is C21H16N2O4. The Bertz CT molecular complexity index is 950. The molecule has 6 nitrogen and oxygen atoms in total. The molecule has 6 heteroatoms. The average Bonchev–Trinajstić information content (AvgIpc) is 2.69. The maximum absolute atomic E-state index is 12.0. The fourth-order valence-corrected chi connectivity index (χ4v) is 2.29. The second-order valence-electron chi connectivity index (χ2n) is 5.61. The Morgan fingerprint density at radius 2 is 1.52 bits per heavy atom. The number of hydrogen-bond acceptors (Lipinski definition) is 4. The first-order valence-corrected chi connectivity index (χ1v) is 8.17. The molecule has 0 aliphatic rings. The van der Waals surface area contributed by atoms with Crippen LogP contribution < -0.4 is 10.1 Å². The molecule has 0 saturated carbocycles. The quantitative estimate of drug-likeness (QED) is 0.379. The smallest absolute Gasteiger partial charge is 0.269 e. The lowest BCUT2D eigenvalue weighted by atomic mass is 10.2. The van der Waals surface area contributed by atoms with Crippen molar-refractivity contribution in [1.29, 1.82) is 0 Å². The maximum atomic E-state index is 12.0. The van der Waals surface area contributed by atoms with Crippen LogP contribution in [0.2, 0.25) is 0 Å². The van der Waals surface area contributed by atoms with Gasteiger partial charge in [0.15, 0.2) is 0 Å². The Hall–Kier alpha value is -3.93. The number of para-hydroxylation sites is 1. The van der Waals surface area contributed by atoms with Crippen molar-refractivity contribution >= 4 is 23.4 Å². The highest BCUT2D eigenvalue weighted by molar-refractivity contribution is 6.01. The third kappa shape index (κ3) is 5.27. The zero-order valence-corrected chi connectivity index (χ0v) is 14.2. The molecule has 0 heterocycles. The summed E-state index contributed by atoms with van der Waals surface area (Å²) in [5.41, 5.74) is 1.34. The number of carbonyl (C=O) groups is 1. The van der Waals surface area contributed by atoms with Gasteiger partial charge in [-0.2, -0.15) is 0 Å². The fourth-order valence-electron chi connectivity index (χ4n) is 2.29. The summed E-state index contributed by atoms with van der Waals surface area (Å²) in [6.07, 6.45) is 2.96. The van der Waals surface area contributed by atoms with Crippen molar-refractivity contribution in [1.82, 2.24) is 0 Å². The summed E-state index contributed by atoms with van der Waals surface area (Å²) in [6.45, 7) is 0. The topological polar surface area (TPSA) is 81.5 Å². The van der Waals surface area contributed by atoms with Crippen molar-refractivity contribution in [3.8, 4) is 11.5 Å². The molecule has 0 radical (unpaired) electrons. The number of non-ortho nitro benzene ring substituents is 1. The van der Waals surface area contributed by atoms with E-state index < -0.39 is 4.92 Å².